The summed E-state index contributed by atoms with van der Waals surface area (Å²) in [7, 11) is 0. The van der Waals surface area contributed by atoms with Crippen molar-refractivity contribution in [2.45, 2.75) is 49.7 Å². The smallest absolute Gasteiger partial charge is 0.233 e. The Morgan fingerprint density at radius 3 is 2.55 bits per heavy atom. The summed E-state index contributed by atoms with van der Waals surface area (Å²) < 4.78 is 0. The number of hydrogen-bond donors (Lipinski definition) is 2. The average Bonchev–Trinajstić information content (AvgIpc) is 2.51. The number of carbonyl (C=O) groups is 1. The van der Waals surface area contributed by atoms with Crippen molar-refractivity contribution < 1.29 is 4.79 Å². The maximum atomic E-state index is 12.6. The van der Waals surface area contributed by atoms with Gasteiger partial charge >= 0.3 is 0 Å². The highest BCUT2D eigenvalue weighted by atomic mass is 32.2. The van der Waals surface area contributed by atoms with E-state index >= 15 is 0 Å². The van der Waals surface area contributed by atoms with Gasteiger partial charge in [-0.25, -0.2) is 0 Å². The molecule has 0 radical (unpaired) electrons. The molecule has 3 rings (SSSR count). The zero-order valence-corrected chi connectivity index (χ0v) is 13.4. The Hall–Kier alpha value is -1.57. The number of carbonyl (C=O) groups excluding carboxylic acids is 1. The first-order chi connectivity index (χ1) is 10.6. The highest BCUT2D eigenvalue weighted by molar-refractivity contribution is 7.99. The molecular formula is C14H22N6OS. The van der Waals surface area contributed by atoms with Crippen LogP contribution in [-0.4, -0.2) is 44.1 Å². The van der Waals surface area contributed by atoms with Gasteiger partial charge < -0.3 is 16.4 Å². The first-order valence-electron chi connectivity index (χ1n) is 7.83. The minimum absolute atomic E-state index is 0.0905. The molecule has 1 saturated heterocycles. The van der Waals surface area contributed by atoms with Crippen molar-refractivity contribution in [1.29, 1.82) is 0 Å². The fourth-order valence-electron chi connectivity index (χ4n) is 3.60. The number of amides is 1. The molecular weight excluding hydrogens is 300 g/mol. The molecule has 2 aliphatic rings. The lowest BCUT2D eigenvalue weighted by Gasteiger charge is -2.44. The number of anilines is 2. The third kappa shape index (κ3) is 3.43. The summed E-state index contributed by atoms with van der Waals surface area (Å²) >= 11 is 1.28. The number of hydrogen-bond acceptors (Lipinski definition) is 7. The van der Waals surface area contributed by atoms with Gasteiger partial charge in [0.1, 0.15) is 0 Å². The van der Waals surface area contributed by atoms with Crippen molar-refractivity contribution in [3.05, 3.63) is 0 Å². The summed E-state index contributed by atoms with van der Waals surface area (Å²) in [5.74, 6) is 1.37. The second-order valence-corrected chi connectivity index (χ2v) is 6.91. The summed E-state index contributed by atoms with van der Waals surface area (Å²) in [6.07, 6.45) is 7.33. The Bertz CT molecular complexity index is 532. The van der Waals surface area contributed by atoms with E-state index in [0.29, 0.717) is 22.9 Å². The Morgan fingerprint density at radius 2 is 1.77 bits per heavy atom. The van der Waals surface area contributed by atoms with E-state index in [0.717, 1.165) is 19.4 Å². The van der Waals surface area contributed by atoms with E-state index in [9.17, 15) is 4.79 Å². The van der Waals surface area contributed by atoms with E-state index in [1.807, 2.05) is 0 Å². The van der Waals surface area contributed by atoms with Crippen molar-refractivity contribution in [3.63, 3.8) is 0 Å². The molecule has 1 amide bonds. The molecule has 2 fully saturated rings. The molecule has 1 aliphatic carbocycles. The van der Waals surface area contributed by atoms with Crippen molar-refractivity contribution >= 4 is 29.6 Å². The van der Waals surface area contributed by atoms with E-state index in [1.54, 1.807) is 0 Å². The van der Waals surface area contributed by atoms with E-state index in [2.05, 4.69) is 19.9 Å². The molecule has 4 N–H and O–H groups in total. The summed E-state index contributed by atoms with van der Waals surface area (Å²) in [6.45, 7) is 0.877. The van der Waals surface area contributed by atoms with Crippen molar-refractivity contribution in [2.24, 2.45) is 5.92 Å². The maximum Gasteiger partial charge on any atom is 0.233 e. The van der Waals surface area contributed by atoms with Gasteiger partial charge in [-0.15, -0.1) is 0 Å². The normalized spacial score (nSPS) is 24.8. The molecule has 2 heterocycles. The van der Waals surface area contributed by atoms with Crippen molar-refractivity contribution in [2.75, 3.05) is 23.8 Å². The Kier molecular flexibility index (Phi) is 4.66. The van der Waals surface area contributed by atoms with Gasteiger partial charge in [-0.1, -0.05) is 24.6 Å². The van der Waals surface area contributed by atoms with Gasteiger partial charge in [0.25, 0.3) is 0 Å². The predicted molar refractivity (Wildman–Crippen MR) is 86.1 cm³/mol. The van der Waals surface area contributed by atoms with Crippen LogP contribution in [0.2, 0.25) is 0 Å². The molecule has 1 aromatic heterocycles. The monoisotopic (exact) mass is 322 g/mol. The largest absolute Gasteiger partial charge is 0.368 e. The number of nitrogens with zero attached hydrogens (tertiary/aromatic N) is 4. The molecule has 1 aromatic rings. The Labute approximate surface area is 134 Å². The van der Waals surface area contributed by atoms with Crippen LogP contribution in [-0.2, 0) is 4.79 Å². The van der Waals surface area contributed by atoms with Crippen LogP contribution in [0.1, 0.15) is 38.5 Å². The maximum absolute atomic E-state index is 12.6. The quantitative estimate of drug-likeness (QED) is 0.807. The van der Waals surface area contributed by atoms with Crippen molar-refractivity contribution in [3.8, 4) is 0 Å². The van der Waals surface area contributed by atoms with E-state index in [4.69, 9.17) is 11.5 Å². The molecule has 0 aromatic carbocycles. The number of nitrogens with two attached hydrogens (primary N) is 2. The fourth-order valence-corrected chi connectivity index (χ4v) is 4.33. The van der Waals surface area contributed by atoms with Crippen LogP contribution >= 0.6 is 11.8 Å². The van der Waals surface area contributed by atoms with Crippen LogP contribution in [0.5, 0.6) is 0 Å². The van der Waals surface area contributed by atoms with Gasteiger partial charge in [0.2, 0.25) is 17.8 Å². The third-order valence-electron chi connectivity index (χ3n) is 4.54. The molecule has 0 spiro atoms. The summed E-state index contributed by atoms with van der Waals surface area (Å²) in [4.78, 5) is 26.4. The molecule has 120 valence electrons. The summed E-state index contributed by atoms with van der Waals surface area (Å²) in [6, 6.07) is 0.434. The van der Waals surface area contributed by atoms with Gasteiger partial charge in [0, 0.05) is 12.6 Å². The van der Waals surface area contributed by atoms with Gasteiger partial charge in [-0.2, -0.15) is 15.0 Å². The van der Waals surface area contributed by atoms with Gasteiger partial charge in [-0.05, 0) is 31.6 Å². The van der Waals surface area contributed by atoms with Crippen LogP contribution in [0.25, 0.3) is 0 Å². The molecule has 8 heteroatoms. The number of thioether (sulfide) groups is 1. The number of aromatic nitrogens is 3. The molecule has 1 saturated carbocycles. The van der Waals surface area contributed by atoms with Crippen LogP contribution in [0.4, 0.5) is 11.9 Å². The fraction of sp³-hybridized carbons (Fsp3) is 0.714. The van der Waals surface area contributed by atoms with E-state index in [1.165, 1.54) is 37.4 Å². The first-order valence-corrected chi connectivity index (χ1v) is 8.81. The standard InChI is InChI=1S/C14H22N6OS/c15-12-17-13(16)19-14(18-12)22-8-11(21)20-7-3-5-9-4-1-2-6-10(9)20/h9-10H,1-8H2,(H4,15,16,17,18,19)/t9-,10+/m0/s1. The third-order valence-corrected chi connectivity index (χ3v) is 5.37. The second kappa shape index (κ2) is 6.68. The number of fused-ring (bicyclic) bond motifs is 1. The lowest BCUT2D eigenvalue weighted by molar-refractivity contribution is -0.134. The number of piperidine rings is 1. The zero-order chi connectivity index (χ0) is 15.5. The molecule has 0 bridgehead atoms. The van der Waals surface area contributed by atoms with Crippen LogP contribution in [0, 0.1) is 5.92 Å². The van der Waals surface area contributed by atoms with Crippen molar-refractivity contribution in [1.82, 2.24) is 19.9 Å². The molecule has 0 unspecified atom stereocenters. The van der Waals surface area contributed by atoms with Gasteiger partial charge in [-0.3, -0.25) is 4.79 Å². The Balaban J connectivity index is 1.61. The summed E-state index contributed by atoms with van der Waals surface area (Å²) in [5, 5.41) is 0.413. The first kappa shape index (κ1) is 15.3. The molecule has 7 nitrogen and oxygen atoms in total. The zero-order valence-electron chi connectivity index (χ0n) is 12.6. The van der Waals surface area contributed by atoms with Gasteiger partial charge in [0.05, 0.1) is 5.75 Å². The highest BCUT2D eigenvalue weighted by Gasteiger charge is 2.35. The molecule has 1 aliphatic heterocycles. The Morgan fingerprint density at radius 1 is 1.09 bits per heavy atom. The van der Waals surface area contributed by atoms with E-state index in [-0.39, 0.29) is 17.8 Å². The van der Waals surface area contributed by atoms with Crippen LogP contribution < -0.4 is 11.5 Å². The minimum Gasteiger partial charge on any atom is -0.368 e. The molecule has 2 atom stereocenters. The van der Waals surface area contributed by atoms with Crippen LogP contribution in [0.15, 0.2) is 5.16 Å². The SMILES string of the molecule is Nc1nc(N)nc(SCC(=O)N2CCC[C@@H]3CCCC[C@H]32)n1. The second-order valence-electron chi connectivity index (χ2n) is 5.96. The van der Waals surface area contributed by atoms with Gasteiger partial charge in [0.15, 0.2) is 5.16 Å². The average molecular weight is 322 g/mol. The van der Waals surface area contributed by atoms with Crippen LogP contribution in [0.3, 0.4) is 0 Å². The minimum atomic E-state index is 0.0905. The molecule has 22 heavy (non-hydrogen) atoms. The highest BCUT2D eigenvalue weighted by Crippen LogP contribution is 2.35. The topological polar surface area (TPSA) is 111 Å². The number of likely N-dealkylation sites (tertiary alicyclic amines) is 1. The number of nitrogen functional groups attached to an aromatic ring is 2. The summed E-state index contributed by atoms with van der Waals surface area (Å²) in [5.41, 5.74) is 11.1. The lowest BCUT2D eigenvalue weighted by atomic mass is 9.78. The number of rotatable bonds is 3. The van der Waals surface area contributed by atoms with E-state index < -0.39 is 0 Å². The lowest BCUT2D eigenvalue weighted by Crippen LogP contribution is -2.50. The predicted octanol–water partition coefficient (Wildman–Crippen LogP) is 1.31.